The molecular weight excluding hydrogens is 585 g/mol. The number of hydrogen-bond donors (Lipinski definition) is 2. The van der Waals surface area contributed by atoms with Gasteiger partial charge in [0.25, 0.3) is 11.8 Å². The Hall–Kier alpha value is -3.40. The van der Waals surface area contributed by atoms with Gasteiger partial charge in [-0.15, -0.1) is 0 Å². The first-order valence-electron chi connectivity index (χ1n) is 14.2. The lowest BCUT2D eigenvalue weighted by Gasteiger charge is -2.40. The second-order valence-corrected chi connectivity index (χ2v) is 11.6. The van der Waals surface area contributed by atoms with E-state index < -0.39 is 11.7 Å². The molecule has 0 unspecified atom stereocenters. The standard InChI is InChI=1S/C32H35BrFN5O2/c33-26-11-12-30(29(20-26)32(41)37-35-21-24-5-4-6-27(34)19-24)36-31(40)25-9-7-23(8-10-25)22-38-17-13-28(14-18-38)39-15-2-1-3-16-39/h4-12,19-21,28H,1-3,13-18,22H2,(H,36,40)(H,37,41)/b35-21+. The molecule has 0 saturated carbocycles. The van der Waals surface area contributed by atoms with Crippen LogP contribution in [0.3, 0.4) is 0 Å². The highest BCUT2D eigenvalue weighted by atomic mass is 79.9. The van der Waals surface area contributed by atoms with Gasteiger partial charge < -0.3 is 10.2 Å². The molecule has 41 heavy (non-hydrogen) atoms. The third kappa shape index (κ3) is 8.09. The molecule has 2 N–H and O–H groups in total. The van der Waals surface area contributed by atoms with Crippen molar-refractivity contribution in [2.45, 2.75) is 44.7 Å². The van der Waals surface area contributed by atoms with Crippen molar-refractivity contribution in [1.82, 2.24) is 15.2 Å². The second kappa shape index (κ2) is 14.0. The number of nitrogens with zero attached hydrogens (tertiary/aromatic N) is 3. The lowest BCUT2D eigenvalue weighted by molar-refractivity contribution is 0.0896. The summed E-state index contributed by atoms with van der Waals surface area (Å²) < 4.78 is 14.1. The van der Waals surface area contributed by atoms with Crippen LogP contribution in [-0.4, -0.2) is 60.0 Å². The smallest absolute Gasteiger partial charge is 0.273 e. The van der Waals surface area contributed by atoms with Crippen molar-refractivity contribution < 1.29 is 14.0 Å². The minimum atomic E-state index is -0.506. The molecule has 0 aliphatic carbocycles. The number of hydrogen-bond acceptors (Lipinski definition) is 5. The number of piperidine rings is 2. The fourth-order valence-corrected chi connectivity index (χ4v) is 5.93. The van der Waals surface area contributed by atoms with E-state index in [2.05, 4.69) is 41.6 Å². The monoisotopic (exact) mass is 619 g/mol. The number of amides is 2. The SMILES string of the molecule is O=C(Nc1ccc(Br)cc1C(=O)N/N=C/c1cccc(F)c1)c1ccc(CN2CCC(N3CCCCC3)CC2)cc1. The van der Waals surface area contributed by atoms with Crippen LogP contribution < -0.4 is 10.7 Å². The predicted molar refractivity (Wildman–Crippen MR) is 164 cm³/mol. The maximum Gasteiger partial charge on any atom is 0.273 e. The quantitative estimate of drug-likeness (QED) is 0.237. The third-order valence-electron chi connectivity index (χ3n) is 7.79. The van der Waals surface area contributed by atoms with Gasteiger partial charge in [-0.2, -0.15) is 5.10 Å². The van der Waals surface area contributed by atoms with Gasteiger partial charge in [-0.1, -0.05) is 46.6 Å². The summed E-state index contributed by atoms with van der Waals surface area (Å²) in [6.45, 7) is 5.59. The minimum absolute atomic E-state index is 0.244. The van der Waals surface area contributed by atoms with Gasteiger partial charge in [-0.25, -0.2) is 9.82 Å². The first kappa shape index (κ1) is 29.1. The number of hydrazone groups is 1. The summed E-state index contributed by atoms with van der Waals surface area (Å²) in [6.07, 6.45) is 7.85. The zero-order valence-electron chi connectivity index (χ0n) is 23.0. The van der Waals surface area contributed by atoms with E-state index in [4.69, 9.17) is 0 Å². The molecule has 2 aliphatic heterocycles. The van der Waals surface area contributed by atoms with E-state index in [1.165, 1.54) is 69.1 Å². The number of benzene rings is 3. The number of carbonyl (C=O) groups excluding carboxylic acids is 2. The van der Waals surface area contributed by atoms with Crippen LogP contribution in [0.25, 0.3) is 0 Å². The van der Waals surface area contributed by atoms with E-state index >= 15 is 0 Å². The summed E-state index contributed by atoms with van der Waals surface area (Å²) in [7, 11) is 0. The fraction of sp³-hybridized carbons (Fsp3) is 0.344. The van der Waals surface area contributed by atoms with Crippen LogP contribution in [0, 0.1) is 5.82 Å². The summed E-state index contributed by atoms with van der Waals surface area (Å²) >= 11 is 3.38. The van der Waals surface area contributed by atoms with Gasteiger partial charge in [0.1, 0.15) is 5.82 Å². The highest BCUT2D eigenvalue weighted by Gasteiger charge is 2.25. The molecule has 2 saturated heterocycles. The first-order chi connectivity index (χ1) is 19.9. The van der Waals surface area contributed by atoms with Crippen molar-refractivity contribution in [3.8, 4) is 0 Å². The Morgan fingerprint density at radius 1 is 0.927 bits per heavy atom. The first-order valence-corrected chi connectivity index (χ1v) is 15.0. The van der Waals surface area contributed by atoms with Crippen LogP contribution in [0.5, 0.6) is 0 Å². The average molecular weight is 621 g/mol. The van der Waals surface area contributed by atoms with Gasteiger partial charge in [-0.3, -0.25) is 14.5 Å². The number of likely N-dealkylation sites (tertiary alicyclic amines) is 2. The molecule has 0 atom stereocenters. The molecule has 9 heteroatoms. The van der Waals surface area contributed by atoms with Gasteiger partial charge >= 0.3 is 0 Å². The Labute approximate surface area is 248 Å². The van der Waals surface area contributed by atoms with Crippen LogP contribution >= 0.6 is 15.9 Å². The van der Waals surface area contributed by atoms with Gasteiger partial charge in [0.2, 0.25) is 0 Å². The molecule has 0 radical (unpaired) electrons. The largest absolute Gasteiger partial charge is 0.321 e. The van der Waals surface area contributed by atoms with Crippen LogP contribution in [-0.2, 0) is 6.54 Å². The Morgan fingerprint density at radius 2 is 1.68 bits per heavy atom. The number of carbonyl (C=O) groups is 2. The molecule has 0 spiro atoms. The minimum Gasteiger partial charge on any atom is -0.321 e. The van der Waals surface area contributed by atoms with Crippen molar-refractivity contribution in [2.24, 2.45) is 5.10 Å². The molecule has 2 amide bonds. The highest BCUT2D eigenvalue weighted by molar-refractivity contribution is 9.10. The van der Waals surface area contributed by atoms with Gasteiger partial charge in [0, 0.05) is 22.6 Å². The van der Waals surface area contributed by atoms with E-state index in [0.717, 1.165) is 25.7 Å². The number of anilines is 1. The lowest BCUT2D eigenvalue weighted by Crippen LogP contribution is -2.46. The molecule has 0 aromatic heterocycles. The van der Waals surface area contributed by atoms with Crippen molar-refractivity contribution >= 4 is 39.6 Å². The van der Waals surface area contributed by atoms with Crippen molar-refractivity contribution in [1.29, 1.82) is 0 Å². The number of rotatable bonds is 8. The molecule has 214 valence electrons. The van der Waals surface area contributed by atoms with Gasteiger partial charge in [0.05, 0.1) is 17.5 Å². The molecule has 0 bridgehead atoms. The van der Waals surface area contributed by atoms with Crippen LogP contribution in [0.1, 0.15) is 63.9 Å². The second-order valence-electron chi connectivity index (χ2n) is 10.7. The fourth-order valence-electron chi connectivity index (χ4n) is 5.57. The molecule has 3 aromatic carbocycles. The normalized spacial score (nSPS) is 17.0. The summed E-state index contributed by atoms with van der Waals surface area (Å²) in [4.78, 5) is 31.1. The Bertz CT molecular complexity index is 1380. The van der Waals surface area contributed by atoms with Crippen LogP contribution in [0.15, 0.2) is 76.3 Å². The van der Waals surface area contributed by atoms with E-state index in [9.17, 15) is 14.0 Å². The van der Waals surface area contributed by atoms with Crippen molar-refractivity contribution in [2.75, 3.05) is 31.5 Å². The Morgan fingerprint density at radius 3 is 2.41 bits per heavy atom. The number of nitrogens with one attached hydrogen (secondary N) is 2. The highest BCUT2D eigenvalue weighted by Crippen LogP contribution is 2.24. The maximum absolute atomic E-state index is 13.4. The van der Waals surface area contributed by atoms with Crippen LogP contribution in [0.4, 0.5) is 10.1 Å². The third-order valence-corrected chi connectivity index (χ3v) is 8.28. The van der Waals surface area contributed by atoms with Gasteiger partial charge in [0.15, 0.2) is 0 Å². The van der Waals surface area contributed by atoms with Crippen molar-refractivity contribution in [3.63, 3.8) is 0 Å². The average Bonchev–Trinajstić information content (AvgIpc) is 2.99. The molecule has 5 rings (SSSR count). The van der Waals surface area contributed by atoms with Crippen molar-refractivity contribution in [3.05, 3.63) is 99.3 Å². The maximum atomic E-state index is 13.4. The molecule has 7 nitrogen and oxygen atoms in total. The van der Waals surface area contributed by atoms with Gasteiger partial charge in [-0.05, 0) is 105 Å². The van der Waals surface area contributed by atoms with E-state index in [-0.39, 0.29) is 11.5 Å². The number of halogens is 2. The molecule has 2 aliphatic rings. The predicted octanol–water partition coefficient (Wildman–Crippen LogP) is 6.05. The summed E-state index contributed by atoms with van der Waals surface area (Å²) in [6, 6.07) is 19.3. The summed E-state index contributed by atoms with van der Waals surface area (Å²) in [5, 5.41) is 6.78. The van der Waals surface area contributed by atoms with E-state index in [1.807, 2.05) is 24.3 Å². The molecule has 3 aromatic rings. The summed E-state index contributed by atoms with van der Waals surface area (Å²) in [5.74, 6) is -1.20. The lowest BCUT2D eigenvalue weighted by atomic mass is 9.99. The van der Waals surface area contributed by atoms with E-state index in [0.29, 0.717) is 21.3 Å². The zero-order valence-corrected chi connectivity index (χ0v) is 24.6. The molecular formula is C32H35BrFN5O2. The van der Waals surface area contributed by atoms with E-state index in [1.54, 1.807) is 30.3 Å². The topological polar surface area (TPSA) is 77.0 Å². The zero-order chi connectivity index (χ0) is 28.6. The van der Waals surface area contributed by atoms with Crippen LogP contribution in [0.2, 0.25) is 0 Å². The molecule has 2 heterocycles. The summed E-state index contributed by atoms with van der Waals surface area (Å²) in [5.41, 5.74) is 5.25. The Balaban J connectivity index is 1.16. The molecule has 2 fully saturated rings. The Kier molecular flexibility index (Phi) is 9.92.